The number of piperidine rings is 1. The number of benzene rings is 2. The average molecular weight is 559 g/mol. The number of nitrogens with one attached hydrogen (secondary N) is 1. The zero-order chi connectivity index (χ0) is 27.6. The smallest absolute Gasteiger partial charge is 0.376 e. The van der Waals surface area contributed by atoms with E-state index >= 15 is 0 Å². The second-order valence-electron chi connectivity index (χ2n) is 9.17. The molecule has 2 heterocycles. The van der Waals surface area contributed by atoms with Gasteiger partial charge in [-0.25, -0.2) is 5.01 Å². The summed E-state index contributed by atoms with van der Waals surface area (Å²) < 4.78 is 88.9. The van der Waals surface area contributed by atoms with E-state index in [4.69, 9.17) is 4.74 Å². The Morgan fingerprint density at radius 2 is 1.63 bits per heavy atom. The molecular weight excluding hydrogens is 534 g/mol. The van der Waals surface area contributed by atoms with Gasteiger partial charge in [0.2, 0.25) is 0 Å². The summed E-state index contributed by atoms with van der Waals surface area (Å²) in [6.45, 7) is 2.26. The van der Waals surface area contributed by atoms with Gasteiger partial charge in [-0.15, -0.1) is 5.10 Å². The molecule has 1 amide bonds. The van der Waals surface area contributed by atoms with Crippen LogP contribution in [0.2, 0.25) is 0 Å². The zero-order valence-electron chi connectivity index (χ0n) is 20.2. The molecule has 204 valence electrons. The number of aromatic nitrogens is 2. The summed E-state index contributed by atoms with van der Waals surface area (Å²) in [4.78, 5) is 13.0. The SMILES string of the molecule is Cc1nnsc1C(=O)NN1CCC(COCc2cc(C(F)(F)F)cc(C(F)(F)F)c2)(c2ccccc2)CC1. The summed E-state index contributed by atoms with van der Waals surface area (Å²) in [6, 6.07) is 10.8. The van der Waals surface area contributed by atoms with E-state index in [0.29, 0.717) is 48.6 Å². The number of ether oxygens (including phenoxy) is 1. The molecule has 0 spiro atoms. The number of hydrogen-bond acceptors (Lipinski definition) is 6. The number of amides is 1. The average Bonchev–Trinajstić information content (AvgIpc) is 3.30. The van der Waals surface area contributed by atoms with E-state index in [9.17, 15) is 31.1 Å². The molecular formula is C25H24F6N4O2S. The first-order valence-electron chi connectivity index (χ1n) is 11.6. The number of hydrogen-bond donors (Lipinski definition) is 1. The van der Waals surface area contributed by atoms with E-state index in [-0.39, 0.29) is 24.1 Å². The fourth-order valence-electron chi connectivity index (χ4n) is 4.46. The van der Waals surface area contributed by atoms with Gasteiger partial charge in [0, 0.05) is 18.5 Å². The number of carbonyl (C=O) groups is 1. The Labute approximate surface area is 218 Å². The van der Waals surface area contributed by atoms with E-state index < -0.39 is 35.5 Å². The van der Waals surface area contributed by atoms with E-state index in [2.05, 4.69) is 15.0 Å². The highest BCUT2D eigenvalue weighted by Crippen LogP contribution is 2.38. The summed E-state index contributed by atoms with van der Waals surface area (Å²) in [5.74, 6) is -0.314. The monoisotopic (exact) mass is 558 g/mol. The van der Waals surface area contributed by atoms with Crippen molar-refractivity contribution in [3.8, 4) is 0 Å². The van der Waals surface area contributed by atoms with E-state index in [0.717, 1.165) is 17.1 Å². The van der Waals surface area contributed by atoms with Gasteiger partial charge in [-0.2, -0.15) is 26.3 Å². The molecule has 1 aliphatic heterocycles. The van der Waals surface area contributed by atoms with Crippen molar-refractivity contribution in [1.82, 2.24) is 20.0 Å². The van der Waals surface area contributed by atoms with Crippen LogP contribution < -0.4 is 5.43 Å². The van der Waals surface area contributed by atoms with Gasteiger partial charge < -0.3 is 4.74 Å². The van der Waals surface area contributed by atoms with Gasteiger partial charge in [-0.3, -0.25) is 10.2 Å². The third-order valence-electron chi connectivity index (χ3n) is 6.52. The highest BCUT2D eigenvalue weighted by atomic mass is 32.1. The van der Waals surface area contributed by atoms with Gasteiger partial charge in [-0.1, -0.05) is 34.8 Å². The summed E-state index contributed by atoms with van der Waals surface area (Å²) in [5.41, 5.74) is 0.802. The van der Waals surface area contributed by atoms with Crippen LogP contribution in [0.4, 0.5) is 26.3 Å². The van der Waals surface area contributed by atoms with Gasteiger partial charge in [0.1, 0.15) is 4.88 Å². The summed E-state index contributed by atoms with van der Waals surface area (Å²) in [7, 11) is 0. The van der Waals surface area contributed by atoms with Crippen molar-refractivity contribution in [2.75, 3.05) is 19.7 Å². The molecule has 38 heavy (non-hydrogen) atoms. The Bertz CT molecular complexity index is 1220. The molecule has 0 radical (unpaired) electrons. The first-order valence-corrected chi connectivity index (χ1v) is 12.4. The number of carbonyl (C=O) groups excluding carboxylic acids is 1. The summed E-state index contributed by atoms with van der Waals surface area (Å²) in [5, 5.41) is 5.61. The maximum Gasteiger partial charge on any atom is 0.416 e. The maximum absolute atomic E-state index is 13.2. The van der Waals surface area contributed by atoms with Crippen LogP contribution in [0.15, 0.2) is 48.5 Å². The van der Waals surface area contributed by atoms with Crippen molar-refractivity contribution in [2.24, 2.45) is 0 Å². The maximum atomic E-state index is 13.2. The minimum absolute atomic E-state index is 0.0776. The predicted octanol–water partition coefficient (Wildman–Crippen LogP) is 5.78. The Hall–Kier alpha value is -3.03. The largest absolute Gasteiger partial charge is 0.416 e. The Morgan fingerprint density at radius 1 is 1.03 bits per heavy atom. The number of nitrogens with zero attached hydrogens (tertiary/aromatic N) is 3. The molecule has 1 fully saturated rings. The molecule has 0 unspecified atom stereocenters. The third kappa shape index (κ3) is 6.51. The van der Waals surface area contributed by atoms with E-state index in [1.807, 2.05) is 30.3 Å². The van der Waals surface area contributed by atoms with Gasteiger partial charge in [-0.05, 0) is 60.6 Å². The molecule has 1 aromatic heterocycles. The minimum atomic E-state index is -4.92. The number of alkyl halides is 6. The normalized spacial score (nSPS) is 16.4. The van der Waals surface area contributed by atoms with Gasteiger partial charge in [0.15, 0.2) is 0 Å². The highest BCUT2D eigenvalue weighted by Gasteiger charge is 2.39. The predicted molar refractivity (Wildman–Crippen MR) is 127 cm³/mol. The Balaban J connectivity index is 1.47. The summed E-state index contributed by atoms with van der Waals surface area (Å²) >= 11 is 0.996. The second kappa shape index (κ2) is 11.0. The number of rotatable bonds is 7. The third-order valence-corrected chi connectivity index (χ3v) is 7.35. The van der Waals surface area contributed by atoms with Crippen molar-refractivity contribution in [3.05, 3.63) is 81.4 Å². The summed E-state index contributed by atoms with van der Waals surface area (Å²) in [6.07, 6.45) is -8.78. The van der Waals surface area contributed by atoms with Crippen molar-refractivity contribution in [1.29, 1.82) is 0 Å². The molecule has 0 aliphatic carbocycles. The number of aryl methyl sites for hydroxylation is 1. The van der Waals surface area contributed by atoms with Crippen LogP contribution in [0.5, 0.6) is 0 Å². The highest BCUT2D eigenvalue weighted by molar-refractivity contribution is 7.07. The van der Waals surface area contributed by atoms with Crippen molar-refractivity contribution >= 4 is 17.4 Å². The van der Waals surface area contributed by atoms with Gasteiger partial charge in [0.05, 0.1) is 30.0 Å². The fraction of sp³-hybridized carbons (Fsp3) is 0.400. The Morgan fingerprint density at radius 3 is 2.16 bits per heavy atom. The van der Waals surface area contributed by atoms with E-state index in [1.54, 1.807) is 11.9 Å². The lowest BCUT2D eigenvalue weighted by Gasteiger charge is -2.42. The lowest BCUT2D eigenvalue weighted by Crippen LogP contribution is -2.51. The molecule has 0 bridgehead atoms. The topological polar surface area (TPSA) is 67.4 Å². The van der Waals surface area contributed by atoms with E-state index in [1.165, 1.54) is 0 Å². The molecule has 1 aliphatic rings. The Kier molecular flexibility index (Phi) is 8.09. The van der Waals surface area contributed by atoms with Crippen LogP contribution in [-0.2, 0) is 29.1 Å². The molecule has 1 saturated heterocycles. The first kappa shape index (κ1) is 28.0. The quantitative estimate of drug-likeness (QED) is 0.373. The molecule has 0 saturated carbocycles. The van der Waals surface area contributed by atoms with Crippen LogP contribution in [0.1, 0.15) is 50.5 Å². The molecule has 13 heteroatoms. The number of hydrazine groups is 1. The molecule has 6 nitrogen and oxygen atoms in total. The van der Waals surface area contributed by atoms with Crippen molar-refractivity contribution in [2.45, 2.75) is 44.1 Å². The molecule has 3 aromatic rings. The molecule has 4 rings (SSSR count). The van der Waals surface area contributed by atoms with Crippen LogP contribution in [0.25, 0.3) is 0 Å². The van der Waals surface area contributed by atoms with Gasteiger partial charge >= 0.3 is 12.4 Å². The van der Waals surface area contributed by atoms with Crippen molar-refractivity contribution < 1.29 is 35.9 Å². The minimum Gasteiger partial charge on any atom is -0.376 e. The van der Waals surface area contributed by atoms with Crippen LogP contribution in [0.3, 0.4) is 0 Å². The first-order chi connectivity index (χ1) is 17.9. The van der Waals surface area contributed by atoms with Gasteiger partial charge in [0.25, 0.3) is 5.91 Å². The molecule has 1 N–H and O–H groups in total. The van der Waals surface area contributed by atoms with Crippen LogP contribution in [0, 0.1) is 6.92 Å². The second-order valence-corrected chi connectivity index (χ2v) is 9.92. The van der Waals surface area contributed by atoms with Crippen LogP contribution >= 0.6 is 11.5 Å². The van der Waals surface area contributed by atoms with Crippen LogP contribution in [-0.4, -0.2) is 40.2 Å². The zero-order valence-corrected chi connectivity index (χ0v) is 21.0. The lowest BCUT2D eigenvalue weighted by atomic mass is 9.73. The fourth-order valence-corrected chi connectivity index (χ4v) is 5.00. The molecule has 2 aromatic carbocycles. The molecule has 0 atom stereocenters. The lowest BCUT2D eigenvalue weighted by molar-refractivity contribution is -0.143. The number of halogens is 6. The van der Waals surface area contributed by atoms with Crippen molar-refractivity contribution in [3.63, 3.8) is 0 Å². The standard InChI is InChI=1S/C25H24F6N4O2S/c1-16-21(38-34-32-16)22(36)33-35-9-7-23(8-10-35,18-5-3-2-4-6-18)15-37-14-17-11-19(24(26,27)28)13-20(12-17)25(29,30)31/h2-6,11-13H,7-10,14-15H2,1H3,(H,33,36).